The molecule has 6 nitrogen and oxygen atoms in total. The molecule has 56 heavy (non-hydrogen) atoms. The molecule has 0 atom stereocenters. The lowest BCUT2D eigenvalue weighted by atomic mass is 9.34. The number of rotatable bonds is 1. The van der Waals surface area contributed by atoms with Gasteiger partial charge in [-0.3, -0.25) is 4.90 Å². The zero-order chi connectivity index (χ0) is 36.0. The molecule has 1 spiro atoms. The number of nitrogens with zero attached hydrogens (tertiary/aromatic N) is 2. The first-order valence-electron chi connectivity index (χ1n) is 19.1. The van der Waals surface area contributed by atoms with Crippen LogP contribution in [0.15, 0.2) is 152 Å². The minimum absolute atomic E-state index is 0.0806. The van der Waals surface area contributed by atoms with Crippen molar-refractivity contribution in [2.24, 2.45) is 0 Å². The highest BCUT2D eigenvalue weighted by atomic mass is 28.3. The molecule has 0 saturated heterocycles. The summed E-state index contributed by atoms with van der Waals surface area (Å²) < 4.78 is 30.3. The van der Waals surface area contributed by atoms with E-state index < -0.39 is 8.07 Å². The minimum Gasteiger partial charge on any atom is -0.458 e. The Hall–Kier alpha value is -7.16. The van der Waals surface area contributed by atoms with Crippen molar-refractivity contribution >= 4 is 90.8 Å². The molecule has 0 N–H and O–H groups in total. The van der Waals surface area contributed by atoms with E-state index in [4.69, 9.17) is 18.9 Å². The summed E-state index contributed by atoms with van der Waals surface area (Å²) >= 11 is 0. The van der Waals surface area contributed by atoms with Gasteiger partial charge < -0.3 is 23.5 Å². The molecule has 1 aromatic heterocycles. The van der Waals surface area contributed by atoms with Crippen molar-refractivity contribution in [1.29, 1.82) is 0 Å². The predicted octanol–water partition coefficient (Wildman–Crippen LogP) is 7.20. The molecule has 6 aliphatic heterocycles. The quantitative estimate of drug-likeness (QED) is 0.167. The van der Waals surface area contributed by atoms with Crippen LogP contribution in [0.4, 0.5) is 17.1 Å². The monoisotopic (exact) mass is 732 g/mol. The Labute approximate surface area is 321 Å². The lowest BCUT2D eigenvalue weighted by Gasteiger charge is -2.52. The fourth-order valence-electron chi connectivity index (χ4n) is 11.2. The van der Waals surface area contributed by atoms with E-state index in [0.29, 0.717) is 0 Å². The number of aromatic nitrogens is 1. The maximum atomic E-state index is 7.33. The zero-order valence-corrected chi connectivity index (χ0v) is 30.5. The Balaban J connectivity index is 1.07. The number of anilines is 3. The van der Waals surface area contributed by atoms with E-state index in [1.807, 2.05) is 18.2 Å². The second kappa shape index (κ2) is 9.37. The number of para-hydroxylation sites is 5. The molecule has 15 rings (SSSR count). The van der Waals surface area contributed by atoms with Crippen LogP contribution >= 0.6 is 0 Å². The number of benzene rings is 8. The standard InChI is InChI=1S/C48H25BN2O4Si/c1-3-12-28-26(10-1)27-11-2-4-13-29(27)50(28)30-24-25-33-44-48(30)55-32-15-7-21-39-43(32)49(44)42-31(52-33)14-6-20-38(42)56(39)40-22-8-18-36-46(40)51-45-34(53-36)16-5-17-35(45)54-37-19-9-23-41(56)47(37)51/h1-25H. The molecule has 0 amide bonds. The van der Waals surface area contributed by atoms with Crippen LogP contribution in [0.1, 0.15) is 0 Å². The first-order valence-corrected chi connectivity index (χ1v) is 21.1. The van der Waals surface area contributed by atoms with E-state index in [9.17, 15) is 0 Å². The van der Waals surface area contributed by atoms with Crippen LogP contribution < -0.4 is 61.0 Å². The molecule has 0 bridgehead atoms. The summed E-state index contributed by atoms with van der Waals surface area (Å²) in [5, 5.41) is 7.67. The maximum Gasteiger partial charge on any atom is 0.260 e. The molecule has 0 radical (unpaired) electrons. The largest absolute Gasteiger partial charge is 0.458 e. The van der Waals surface area contributed by atoms with E-state index >= 15 is 0 Å². The van der Waals surface area contributed by atoms with Crippen molar-refractivity contribution in [3.8, 4) is 51.7 Å². The van der Waals surface area contributed by atoms with E-state index in [0.717, 1.165) is 85.2 Å². The highest BCUT2D eigenvalue weighted by Gasteiger charge is 2.60. The summed E-state index contributed by atoms with van der Waals surface area (Å²) in [7, 11) is -3.12. The molecular formula is C48H25BN2O4Si. The third-order valence-electron chi connectivity index (χ3n) is 13.1. The van der Waals surface area contributed by atoms with E-state index in [1.54, 1.807) is 0 Å². The third-order valence-corrected chi connectivity index (χ3v) is 18.0. The van der Waals surface area contributed by atoms with Gasteiger partial charge in [-0.25, -0.2) is 0 Å². The first kappa shape index (κ1) is 28.3. The molecule has 7 heterocycles. The topological polar surface area (TPSA) is 45.1 Å². The summed E-state index contributed by atoms with van der Waals surface area (Å²) in [6.07, 6.45) is 0. The molecule has 0 unspecified atom stereocenters. The molecule has 0 fully saturated rings. The van der Waals surface area contributed by atoms with Crippen molar-refractivity contribution in [2.45, 2.75) is 0 Å². The molecule has 8 heteroatoms. The molecule has 258 valence electrons. The Bertz CT molecular complexity index is 3220. The van der Waals surface area contributed by atoms with E-state index in [-0.39, 0.29) is 6.71 Å². The van der Waals surface area contributed by atoms with Crippen LogP contribution in [0.5, 0.6) is 46.0 Å². The van der Waals surface area contributed by atoms with Gasteiger partial charge in [0.15, 0.2) is 31.1 Å². The van der Waals surface area contributed by atoms with Gasteiger partial charge in [-0.1, -0.05) is 91.0 Å². The average Bonchev–Trinajstić information content (AvgIpc) is 3.58. The van der Waals surface area contributed by atoms with Gasteiger partial charge in [0.05, 0.1) is 28.1 Å². The number of hydrogen-bond donors (Lipinski definition) is 0. The molecule has 0 aliphatic carbocycles. The molecule has 6 aliphatic rings. The smallest absolute Gasteiger partial charge is 0.260 e. The van der Waals surface area contributed by atoms with Crippen LogP contribution in [0.2, 0.25) is 0 Å². The highest BCUT2D eigenvalue weighted by molar-refractivity contribution is 7.28. The van der Waals surface area contributed by atoms with Crippen molar-refractivity contribution in [1.82, 2.24) is 4.57 Å². The SMILES string of the molecule is c1cc2c3c(c1)Oc1cccc4c1N3c1c(cccc1[Si]41c3cccc4c3B3c5c(cccc51)Oc1c(-n5c6ccccc6c6ccccc65)ccc(c13)O4)O2. The summed E-state index contributed by atoms with van der Waals surface area (Å²) in [6, 6.07) is 54.4. The third kappa shape index (κ3) is 2.98. The maximum absolute atomic E-state index is 7.33. The fraction of sp³-hybridized carbons (Fsp3) is 0. The normalized spacial score (nSPS) is 15.4. The summed E-state index contributed by atoms with van der Waals surface area (Å²) in [6.45, 7) is -0.0806. The van der Waals surface area contributed by atoms with Gasteiger partial charge in [0.2, 0.25) is 0 Å². The van der Waals surface area contributed by atoms with Crippen LogP contribution in [0, 0.1) is 0 Å². The van der Waals surface area contributed by atoms with Gasteiger partial charge in [0, 0.05) is 16.2 Å². The van der Waals surface area contributed by atoms with Gasteiger partial charge in [0.1, 0.15) is 28.7 Å². The predicted molar refractivity (Wildman–Crippen MR) is 224 cm³/mol. The summed E-state index contributed by atoms with van der Waals surface area (Å²) in [5.41, 5.74) is 9.99. The number of hydrogen-bond acceptors (Lipinski definition) is 5. The van der Waals surface area contributed by atoms with Crippen LogP contribution in [-0.4, -0.2) is 19.4 Å². The zero-order valence-electron chi connectivity index (χ0n) is 29.5. The van der Waals surface area contributed by atoms with Crippen LogP contribution in [0.25, 0.3) is 27.5 Å². The molecule has 9 aromatic rings. The lowest BCUT2D eigenvalue weighted by Crippen LogP contribution is -2.88. The van der Waals surface area contributed by atoms with E-state index in [2.05, 4.69) is 143 Å². The Morgan fingerprint density at radius 1 is 0.375 bits per heavy atom. The van der Waals surface area contributed by atoms with E-state index in [1.165, 1.54) is 42.4 Å². The van der Waals surface area contributed by atoms with Crippen LogP contribution in [0.3, 0.4) is 0 Å². The van der Waals surface area contributed by atoms with Gasteiger partial charge in [0.25, 0.3) is 6.71 Å². The van der Waals surface area contributed by atoms with Crippen LogP contribution in [-0.2, 0) is 0 Å². The van der Waals surface area contributed by atoms with Crippen molar-refractivity contribution in [3.63, 3.8) is 0 Å². The highest BCUT2D eigenvalue weighted by Crippen LogP contribution is 2.60. The second-order valence-electron chi connectivity index (χ2n) is 15.5. The minimum atomic E-state index is -3.12. The average molecular weight is 733 g/mol. The molecule has 8 aromatic carbocycles. The number of ether oxygens (including phenoxy) is 4. The Kier molecular flexibility index (Phi) is 4.74. The second-order valence-corrected chi connectivity index (χ2v) is 19.1. The Morgan fingerprint density at radius 3 is 1.45 bits per heavy atom. The molecule has 0 saturated carbocycles. The van der Waals surface area contributed by atoms with Gasteiger partial charge in [-0.2, -0.15) is 0 Å². The van der Waals surface area contributed by atoms with Gasteiger partial charge in [-0.15, -0.1) is 0 Å². The number of fused-ring (bicyclic) bond motifs is 7. The lowest BCUT2D eigenvalue weighted by molar-refractivity contribution is 0.446. The fourth-order valence-corrected chi connectivity index (χ4v) is 16.8. The van der Waals surface area contributed by atoms with Gasteiger partial charge in [-0.05, 0) is 92.3 Å². The van der Waals surface area contributed by atoms with Crippen molar-refractivity contribution in [3.05, 3.63) is 152 Å². The van der Waals surface area contributed by atoms with Crippen molar-refractivity contribution in [2.75, 3.05) is 4.90 Å². The summed E-state index contributed by atoms with van der Waals surface area (Å²) in [5.74, 6) is 6.79. The first-order chi connectivity index (χ1) is 27.8. The Morgan fingerprint density at radius 2 is 0.839 bits per heavy atom. The summed E-state index contributed by atoms with van der Waals surface area (Å²) in [4.78, 5) is 2.42. The van der Waals surface area contributed by atoms with Gasteiger partial charge >= 0.3 is 0 Å². The molecular weight excluding hydrogens is 707 g/mol. The van der Waals surface area contributed by atoms with Crippen molar-refractivity contribution < 1.29 is 18.9 Å².